The second-order valence-electron chi connectivity index (χ2n) is 6.12. The highest BCUT2D eigenvalue weighted by Crippen LogP contribution is 2.28. The Balaban J connectivity index is 2.27. The van der Waals surface area contributed by atoms with E-state index in [2.05, 4.69) is 38.2 Å². The lowest BCUT2D eigenvalue weighted by molar-refractivity contribution is 0.590. The molecule has 0 heterocycles. The first-order valence-electron chi connectivity index (χ1n) is 6.70. The summed E-state index contributed by atoms with van der Waals surface area (Å²) in [5, 5.41) is 3.21. The smallest absolute Gasteiger partial charge is 0.127 e. The van der Waals surface area contributed by atoms with E-state index in [1.807, 2.05) is 19.1 Å². The van der Waals surface area contributed by atoms with Crippen LogP contribution in [-0.4, -0.2) is 0 Å². The van der Waals surface area contributed by atoms with Gasteiger partial charge in [0.1, 0.15) is 5.82 Å². The summed E-state index contributed by atoms with van der Waals surface area (Å²) in [5.74, 6) is -0.332. The van der Waals surface area contributed by atoms with Gasteiger partial charge < -0.3 is 11.1 Å². The van der Waals surface area contributed by atoms with Crippen molar-refractivity contribution in [3.63, 3.8) is 0 Å². The summed E-state index contributed by atoms with van der Waals surface area (Å²) in [5.41, 5.74) is 10.1. The molecule has 2 aromatic rings. The predicted octanol–water partition coefficient (Wildman–Crippen LogP) is 4.76. The molecule has 0 radical (unpaired) electrons. The summed E-state index contributed by atoms with van der Waals surface area (Å²) in [7, 11) is 0. The second kappa shape index (κ2) is 5.16. The van der Waals surface area contributed by atoms with E-state index < -0.39 is 0 Å². The van der Waals surface area contributed by atoms with E-state index in [0.717, 1.165) is 11.3 Å². The second-order valence-corrected chi connectivity index (χ2v) is 6.12. The van der Waals surface area contributed by atoms with Crippen molar-refractivity contribution in [1.29, 1.82) is 0 Å². The zero-order valence-corrected chi connectivity index (χ0v) is 12.4. The average molecular weight is 272 g/mol. The van der Waals surface area contributed by atoms with Crippen LogP contribution in [-0.2, 0) is 5.41 Å². The summed E-state index contributed by atoms with van der Waals surface area (Å²) < 4.78 is 13.4. The molecule has 3 heteroatoms. The maximum atomic E-state index is 13.4. The van der Waals surface area contributed by atoms with Gasteiger partial charge in [-0.15, -0.1) is 0 Å². The standard InChI is InChI=1S/C17H21FN2/c1-11-15(19)9-13(18)10-16(11)20-14-7-5-12(6-8-14)17(2,3)4/h5-10,20H,19H2,1-4H3. The van der Waals surface area contributed by atoms with Gasteiger partial charge in [-0.05, 0) is 47.7 Å². The molecular weight excluding hydrogens is 251 g/mol. The van der Waals surface area contributed by atoms with Crippen LogP contribution in [0.5, 0.6) is 0 Å². The molecule has 0 aliphatic heterocycles. The topological polar surface area (TPSA) is 38.0 Å². The van der Waals surface area contributed by atoms with E-state index in [0.29, 0.717) is 11.4 Å². The largest absolute Gasteiger partial charge is 0.398 e. The number of hydrogen-bond donors (Lipinski definition) is 2. The number of benzene rings is 2. The number of nitrogens with one attached hydrogen (secondary N) is 1. The third-order valence-electron chi connectivity index (χ3n) is 3.44. The lowest BCUT2D eigenvalue weighted by Gasteiger charge is -2.19. The van der Waals surface area contributed by atoms with Crippen LogP contribution in [0.15, 0.2) is 36.4 Å². The fraction of sp³-hybridized carbons (Fsp3) is 0.294. The van der Waals surface area contributed by atoms with Crippen molar-refractivity contribution in [3.05, 3.63) is 53.3 Å². The van der Waals surface area contributed by atoms with Crippen LogP contribution < -0.4 is 11.1 Å². The molecule has 106 valence electrons. The van der Waals surface area contributed by atoms with Crippen molar-refractivity contribution in [1.82, 2.24) is 0 Å². The third-order valence-corrected chi connectivity index (χ3v) is 3.44. The zero-order valence-electron chi connectivity index (χ0n) is 12.4. The van der Waals surface area contributed by atoms with Crippen LogP contribution in [0.1, 0.15) is 31.9 Å². The quantitative estimate of drug-likeness (QED) is 0.774. The first-order valence-corrected chi connectivity index (χ1v) is 6.70. The Bertz CT molecular complexity index is 610. The minimum atomic E-state index is -0.332. The van der Waals surface area contributed by atoms with Crippen LogP contribution in [0.25, 0.3) is 0 Å². The molecule has 2 aromatic carbocycles. The first kappa shape index (κ1) is 14.4. The molecule has 2 nitrogen and oxygen atoms in total. The van der Waals surface area contributed by atoms with E-state index in [4.69, 9.17) is 5.73 Å². The molecule has 0 fully saturated rings. The molecule has 0 unspecified atom stereocenters. The van der Waals surface area contributed by atoms with Crippen LogP contribution in [0.3, 0.4) is 0 Å². The van der Waals surface area contributed by atoms with Gasteiger partial charge in [0, 0.05) is 17.1 Å². The number of nitrogen functional groups attached to an aromatic ring is 1. The molecule has 0 bridgehead atoms. The molecule has 3 N–H and O–H groups in total. The maximum absolute atomic E-state index is 13.4. The lowest BCUT2D eigenvalue weighted by atomic mass is 9.87. The highest BCUT2D eigenvalue weighted by Gasteiger charge is 2.13. The van der Waals surface area contributed by atoms with Gasteiger partial charge in [0.15, 0.2) is 0 Å². The molecule has 0 aliphatic carbocycles. The normalized spacial score (nSPS) is 11.4. The molecule has 0 spiro atoms. The van der Waals surface area contributed by atoms with E-state index in [1.54, 1.807) is 0 Å². The molecular formula is C17H21FN2. The SMILES string of the molecule is Cc1c(N)cc(F)cc1Nc1ccc(C(C)(C)C)cc1. The van der Waals surface area contributed by atoms with E-state index in [-0.39, 0.29) is 11.2 Å². The van der Waals surface area contributed by atoms with Crippen LogP contribution in [0, 0.1) is 12.7 Å². The van der Waals surface area contributed by atoms with Gasteiger partial charge in [-0.2, -0.15) is 0 Å². The lowest BCUT2D eigenvalue weighted by Crippen LogP contribution is -2.10. The molecule has 0 saturated heterocycles. The van der Waals surface area contributed by atoms with Crippen molar-refractivity contribution in [2.24, 2.45) is 0 Å². The van der Waals surface area contributed by atoms with E-state index in [9.17, 15) is 4.39 Å². The fourth-order valence-corrected chi connectivity index (χ4v) is 2.04. The maximum Gasteiger partial charge on any atom is 0.127 e. The van der Waals surface area contributed by atoms with Gasteiger partial charge >= 0.3 is 0 Å². The fourth-order valence-electron chi connectivity index (χ4n) is 2.04. The van der Waals surface area contributed by atoms with Crippen molar-refractivity contribution >= 4 is 17.1 Å². The molecule has 0 aromatic heterocycles. The van der Waals surface area contributed by atoms with E-state index >= 15 is 0 Å². The van der Waals surface area contributed by atoms with Gasteiger partial charge in [0.25, 0.3) is 0 Å². The Morgan fingerprint density at radius 3 is 2.20 bits per heavy atom. The van der Waals surface area contributed by atoms with Gasteiger partial charge in [-0.1, -0.05) is 32.9 Å². The number of anilines is 3. The molecule has 0 atom stereocenters. The number of hydrogen-bond acceptors (Lipinski definition) is 2. The Morgan fingerprint density at radius 2 is 1.65 bits per heavy atom. The molecule has 0 amide bonds. The predicted molar refractivity (Wildman–Crippen MR) is 84.0 cm³/mol. The minimum absolute atomic E-state index is 0.123. The Kier molecular flexibility index (Phi) is 3.71. The Hall–Kier alpha value is -2.03. The molecule has 2 rings (SSSR count). The van der Waals surface area contributed by atoms with Gasteiger partial charge in [0.2, 0.25) is 0 Å². The average Bonchev–Trinajstić information content (AvgIpc) is 2.35. The highest BCUT2D eigenvalue weighted by atomic mass is 19.1. The van der Waals surface area contributed by atoms with Crippen LogP contribution in [0.4, 0.5) is 21.5 Å². The number of rotatable bonds is 2. The van der Waals surface area contributed by atoms with Crippen molar-refractivity contribution < 1.29 is 4.39 Å². The minimum Gasteiger partial charge on any atom is -0.398 e. The summed E-state index contributed by atoms with van der Waals surface area (Å²) in [6, 6.07) is 11.0. The van der Waals surface area contributed by atoms with Gasteiger partial charge in [-0.25, -0.2) is 4.39 Å². The molecule has 0 saturated carbocycles. The van der Waals surface area contributed by atoms with Gasteiger partial charge in [0.05, 0.1) is 0 Å². The van der Waals surface area contributed by atoms with E-state index in [1.165, 1.54) is 17.7 Å². The van der Waals surface area contributed by atoms with Crippen LogP contribution in [0.2, 0.25) is 0 Å². The van der Waals surface area contributed by atoms with Crippen molar-refractivity contribution in [2.75, 3.05) is 11.1 Å². The Labute approximate surface area is 119 Å². The molecule has 0 aliphatic rings. The van der Waals surface area contributed by atoms with Crippen LogP contribution >= 0.6 is 0 Å². The Morgan fingerprint density at radius 1 is 1.05 bits per heavy atom. The summed E-state index contributed by atoms with van der Waals surface area (Å²) in [4.78, 5) is 0. The summed E-state index contributed by atoms with van der Waals surface area (Å²) in [6.45, 7) is 8.40. The number of halogens is 1. The zero-order chi connectivity index (χ0) is 14.9. The summed E-state index contributed by atoms with van der Waals surface area (Å²) in [6.07, 6.45) is 0. The van der Waals surface area contributed by atoms with Crippen molar-refractivity contribution in [2.45, 2.75) is 33.1 Å². The van der Waals surface area contributed by atoms with Crippen molar-refractivity contribution in [3.8, 4) is 0 Å². The highest BCUT2D eigenvalue weighted by molar-refractivity contribution is 5.69. The third kappa shape index (κ3) is 3.10. The monoisotopic (exact) mass is 272 g/mol. The van der Waals surface area contributed by atoms with Gasteiger partial charge in [-0.3, -0.25) is 0 Å². The molecule has 20 heavy (non-hydrogen) atoms. The first-order chi connectivity index (χ1) is 9.27. The number of nitrogens with two attached hydrogens (primary N) is 1. The summed E-state index contributed by atoms with van der Waals surface area (Å²) >= 11 is 0.